The number of carbonyl (C=O) groups is 2. The van der Waals surface area contributed by atoms with Gasteiger partial charge in [0, 0.05) is 28.1 Å². The number of ketones is 1. The van der Waals surface area contributed by atoms with Gasteiger partial charge >= 0.3 is 0 Å². The van der Waals surface area contributed by atoms with Gasteiger partial charge in [0.1, 0.15) is 0 Å². The van der Waals surface area contributed by atoms with E-state index in [0.717, 1.165) is 41.4 Å². The van der Waals surface area contributed by atoms with Gasteiger partial charge in [0.2, 0.25) is 5.91 Å². The number of benzene rings is 2. The first-order valence-electron chi connectivity index (χ1n) is 9.33. The van der Waals surface area contributed by atoms with E-state index in [1.54, 1.807) is 18.2 Å². The summed E-state index contributed by atoms with van der Waals surface area (Å²) in [6.45, 7) is 3.17. The summed E-state index contributed by atoms with van der Waals surface area (Å²) in [7, 11) is 0. The topological polar surface area (TPSA) is 86.9 Å². The Bertz CT molecular complexity index is 1060. The van der Waals surface area contributed by atoms with Crippen molar-refractivity contribution in [2.45, 2.75) is 19.8 Å². The summed E-state index contributed by atoms with van der Waals surface area (Å²) >= 11 is 6.37. The SMILES string of the molecule is CC(=O)c1ccc(Cl)c(-c2ccc3[nH]nc(NC(=O)[C@@H]4CCCNC4)c3c2)c1.Cl. The highest BCUT2D eigenvalue weighted by atomic mass is 35.5. The van der Waals surface area contributed by atoms with Crippen molar-refractivity contribution in [2.24, 2.45) is 5.92 Å². The van der Waals surface area contributed by atoms with Crippen LogP contribution in [-0.2, 0) is 4.79 Å². The Morgan fingerprint density at radius 3 is 2.76 bits per heavy atom. The minimum atomic E-state index is -0.0506. The molecule has 2 aromatic carbocycles. The van der Waals surface area contributed by atoms with E-state index in [1.807, 2.05) is 18.2 Å². The second kappa shape index (κ2) is 8.95. The molecule has 4 rings (SSSR count). The smallest absolute Gasteiger partial charge is 0.229 e. The summed E-state index contributed by atoms with van der Waals surface area (Å²) in [5.74, 6) is 0.413. The molecule has 0 unspecified atom stereocenters. The minimum Gasteiger partial charge on any atom is -0.316 e. The summed E-state index contributed by atoms with van der Waals surface area (Å²) in [6, 6.07) is 11.0. The number of fused-ring (bicyclic) bond motifs is 1. The highest BCUT2D eigenvalue weighted by Crippen LogP contribution is 2.33. The lowest BCUT2D eigenvalue weighted by atomic mass is 9.98. The predicted octanol–water partition coefficient (Wildman–Crippen LogP) is 4.45. The second-order valence-corrected chi connectivity index (χ2v) is 7.52. The molecule has 1 aromatic heterocycles. The van der Waals surface area contributed by atoms with Gasteiger partial charge in [-0.15, -0.1) is 12.4 Å². The zero-order valence-corrected chi connectivity index (χ0v) is 17.5. The van der Waals surface area contributed by atoms with Crippen LogP contribution in [0, 0.1) is 5.92 Å². The Kier molecular flexibility index (Phi) is 6.57. The summed E-state index contributed by atoms with van der Waals surface area (Å²) in [6.07, 6.45) is 1.87. The highest BCUT2D eigenvalue weighted by Gasteiger charge is 2.22. The van der Waals surface area contributed by atoms with Crippen molar-refractivity contribution in [1.82, 2.24) is 15.5 Å². The number of nitrogens with one attached hydrogen (secondary N) is 3. The molecule has 1 aliphatic heterocycles. The number of piperidine rings is 1. The van der Waals surface area contributed by atoms with Crippen LogP contribution in [0.5, 0.6) is 0 Å². The lowest BCUT2D eigenvalue weighted by Crippen LogP contribution is -2.37. The summed E-state index contributed by atoms with van der Waals surface area (Å²) < 4.78 is 0. The van der Waals surface area contributed by atoms with E-state index in [4.69, 9.17) is 11.6 Å². The van der Waals surface area contributed by atoms with Crippen molar-refractivity contribution < 1.29 is 9.59 Å². The van der Waals surface area contributed by atoms with Gasteiger partial charge in [-0.3, -0.25) is 14.7 Å². The maximum atomic E-state index is 12.6. The molecule has 29 heavy (non-hydrogen) atoms. The van der Waals surface area contributed by atoms with Crippen LogP contribution < -0.4 is 10.6 Å². The van der Waals surface area contributed by atoms with Crippen LogP contribution in [-0.4, -0.2) is 35.0 Å². The largest absolute Gasteiger partial charge is 0.316 e. The van der Waals surface area contributed by atoms with Crippen LogP contribution in [0.4, 0.5) is 5.82 Å². The summed E-state index contributed by atoms with van der Waals surface area (Å²) in [4.78, 5) is 24.3. The van der Waals surface area contributed by atoms with Crippen LogP contribution in [0.15, 0.2) is 36.4 Å². The van der Waals surface area contributed by atoms with Crippen LogP contribution >= 0.6 is 24.0 Å². The van der Waals surface area contributed by atoms with Gasteiger partial charge in [0.25, 0.3) is 0 Å². The molecule has 0 saturated carbocycles. The maximum Gasteiger partial charge on any atom is 0.229 e. The molecule has 0 radical (unpaired) electrons. The number of nitrogens with zero attached hydrogens (tertiary/aromatic N) is 1. The molecule has 0 spiro atoms. The number of H-pyrrole nitrogens is 1. The number of hydrogen-bond acceptors (Lipinski definition) is 4. The van der Waals surface area contributed by atoms with Crippen molar-refractivity contribution in [3.63, 3.8) is 0 Å². The molecule has 0 bridgehead atoms. The monoisotopic (exact) mass is 432 g/mol. The van der Waals surface area contributed by atoms with Crippen molar-refractivity contribution in [3.8, 4) is 11.1 Å². The van der Waals surface area contributed by atoms with E-state index < -0.39 is 0 Å². The average molecular weight is 433 g/mol. The molecule has 1 atom stereocenters. The molecule has 3 aromatic rings. The number of carbonyl (C=O) groups excluding carboxylic acids is 2. The van der Waals surface area contributed by atoms with E-state index in [0.29, 0.717) is 22.9 Å². The Labute approximate surface area is 179 Å². The van der Waals surface area contributed by atoms with Gasteiger partial charge in [-0.25, -0.2) is 0 Å². The fourth-order valence-corrected chi connectivity index (χ4v) is 3.76. The first-order chi connectivity index (χ1) is 13.5. The normalized spacial score (nSPS) is 16.3. The molecule has 3 N–H and O–H groups in total. The van der Waals surface area contributed by atoms with Crippen LogP contribution in [0.2, 0.25) is 5.02 Å². The number of hydrogen-bond donors (Lipinski definition) is 3. The fraction of sp³-hybridized carbons (Fsp3) is 0.286. The van der Waals surface area contributed by atoms with Crippen molar-refractivity contribution in [2.75, 3.05) is 18.4 Å². The number of aromatic nitrogens is 2. The van der Waals surface area contributed by atoms with E-state index in [-0.39, 0.29) is 30.0 Å². The minimum absolute atomic E-state index is 0. The number of anilines is 1. The first-order valence-corrected chi connectivity index (χ1v) is 9.71. The third-order valence-electron chi connectivity index (χ3n) is 5.16. The number of halogens is 2. The lowest BCUT2D eigenvalue weighted by Gasteiger charge is -2.21. The van der Waals surface area contributed by atoms with Crippen LogP contribution in [0.1, 0.15) is 30.1 Å². The average Bonchev–Trinajstić information content (AvgIpc) is 3.11. The van der Waals surface area contributed by atoms with Crippen molar-refractivity contribution in [3.05, 3.63) is 47.0 Å². The molecular formula is C21H22Cl2N4O2. The first kappa shape index (κ1) is 21.3. The van der Waals surface area contributed by atoms with Gasteiger partial charge in [0.15, 0.2) is 11.6 Å². The van der Waals surface area contributed by atoms with E-state index in [9.17, 15) is 9.59 Å². The fourth-order valence-electron chi connectivity index (χ4n) is 3.54. The molecule has 1 amide bonds. The van der Waals surface area contributed by atoms with Gasteiger partial charge in [-0.05, 0) is 62.2 Å². The molecular weight excluding hydrogens is 411 g/mol. The van der Waals surface area contributed by atoms with Gasteiger partial charge in [-0.1, -0.05) is 17.7 Å². The summed E-state index contributed by atoms with van der Waals surface area (Å²) in [5.41, 5.74) is 3.05. The molecule has 1 fully saturated rings. The number of Topliss-reactive ketones (excluding diaryl/α,β-unsaturated/α-hetero) is 1. The van der Waals surface area contributed by atoms with Gasteiger partial charge in [0.05, 0.1) is 11.4 Å². The Morgan fingerprint density at radius 1 is 1.21 bits per heavy atom. The standard InChI is InChI=1S/C21H21ClN4O2.ClH/c1-12(27)13-4-6-18(22)16(9-13)14-5-7-19-17(10-14)20(26-25-19)24-21(28)15-3-2-8-23-11-15;/h4-7,9-10,15,23H,2-3,8,11H2,1H3,(H2,24,25,26,28);1H/t15-;/m1./s1. The molecule has 2 heterocycles. The quantitative estimate of drug-likeness (QED) is 0.531. The third kappa shape index (κ3) is 4.45. The Morgan fingerprint density at radius 2 is 2.03 bits per heavy atom. The van der Waals surface area contributed by atoms with E-state index in [2.05, 4.69) is 20.8 Å². The van der Waals surface area contributed by atoms with Crippen LogP contribution in [0.25, 0.3) is 22.0 Å². The second-order valence-electron chi connectivity index (χ2n) is 7.12. The number of aromatic amines is 1. The van der Waals surface area contributed by atoms with E-state index >= 15 is 0 Å². The molecule has 8 heteroatoms. The molecule has 1 aliphatic rings. The molecule has 0 aliphatic carbocycles. The Hall–Kier alpha value is -2.41. The molecule has 152 valence electrons. The van der Waals surface area contributed by atoms with Gasteiger partial charge < -0.3 is 10.6 Å². The summed E-state index contributed by atoms with van der Waals surface area (Å²) in [5, 5.41) is 14.8. The van der Waals surface area contributed by atoms with Gasteiger partial charge in [-0.2, -0.15) is 5.10 Å². The Balaban J connectivity index is 0.00000240. The lowest BCUT2D eigenvalue weighted by molar-refractivity contribution is -0.120. The maximum absolute atomic E-state index is 12.6. The zero-order valence-electron chi connectivity index (χ0n) is 15.9. The van der Waals surface area contributed by atoms with Crippen molar-refractivity contribution >= 4 is 52.4 Å². The number of amides is 1. The third-order valence-corrected chi connectivity index (χ3v) is 5.49. The van der Waals surface area contributed by atoms with Crippen molar-refractivity contribution in [1.29, 1.82) is 0 Å². The highest BCUT2D eigenvalue weighted by molar-refractivity contribution is 6.33. The zero-order chi connectivity index (χ0) is 19.7. The number of rotatable bonds is 4. The van der Waals surface area contributed by atoms with Crippen LogP contribution in [0.3, 0.4) is 0 Å². The van der Waals surface area contributed by atoms with E-state index in [1.165, 1.54) is 6.92 Å². The molecule has 6 nitrogen and oxygen atoms in total. The predicted molar refractivity (Wildman–Crippen MR) is 118 cm³/mol. The molecule has 1 saturated heterocycles.